The Morgan fingerprint density at radius 2 is 1.67 bits per heavy atom. The third-order valence-electron chi connectivity index (χ3n) is 4.92. The number of carbonyl (C=O) groups excluding carboxylic acids is 1. The molecular formula is C21H29F2N5O2. The molecule has 0 aliphatic heterocycles. The Kier molecular flexibility index (Phi) is 6.28. The van der Waals surface area contributed by atoms with E-state index in [1.54, 1.807) is 19.0 Å². The van der Waals surface area contributed by atoms with Gasteiger partial charge in [0.1, 0.15) is 11.4 Å². The lowest BCUT2D eigenvalue weighted by Gasteiger charge is -2.30. The van der Waals surface area contributed by atoms with Crippen molar-refractivity contribution < 1.29 is 18.3 Å². The van der Waals surface area contributed by atoms with Crippen LogP contribution in [-0.2, 0) is 4.74 Å². The van der Waals surface area contributed by atoms with E-state index in [1.165, 1.54) is 0 Å². The average Bonchev–Trinajstić information content (AvgIpc) is 2.62. The summed E-state index contributed by atoms with van der Waals surface area (Å²) in [4.78, 5) is 22.6. The fourth-order valence-electron chi connectivity index (χ4n) is 3.55. The van der Waals surface area contributed by atoms with Crippen molar-refractivity contribution in [2.24, 2.45) is 0 Å². The van der Waals surface area contributed by atoms with Crippen molar-refractivity contribution in [3.05, 3.63) is 23.8 Å². The summed E-state index contributed by atoms with van der Waals surface area (Å²) in [5.41, 5.74) is -0.182. The summed E-state index contributed by atoms with van der Waals surface area (Å²) in [7, 11) is 3.58. The highest BCUT2D eigenvalue weighted by molar-refractivity contribution is 5.90. The van der Waals surface area contributed by atoms with Gasteiger partial charge in [0.2, 0.25) is 5.95 Å². The van der Waals surface area contributed by atoms with E-state index in [-0.39, 0.29) is 12.1 Å². The van der Waals surface area contributed by atoms with E-state index in [0.29, 0.717) is 22.7 Å². The van der Waals surface area contributed by atoms with Gasteiger partial charge in [0, 0.05) is 37.6 Å². The van der Waals surface area contributed by atoms with Gasteiger partial charge in [0.05, 0.1) is 5.52 Å². The second kappa shape index (κ2) is 8.57. The summed E-state index contributed by atoms with van der Waals surface area (Å²) in [6, 6.07) is 2.40. The van der Waals surface area contributed by atoms with Crippen LogP contribution in [0.25, 0.3) is 10.9 Å². The van der Waals surface area contributed by atoms with Crippen LogP contribution in [0.3, 0.4) is 0 Å². The minimum Gasteiger partial charge on any atom is -0.444 e. The van der Waals surface area contributed by atoms with E-state index < -0.39 is 23.3 Å². The summed E-state index contributed by atoms with van der Waals surface area (Å²) >= 11 is 0. The molecule has 1 aromatic heterocycles. The predicted molar refractivity (Wildman–Crippen MR) is 113 cm³/mol. The second-order valence-electron chi connectivity index (χ2n) is 8.89. The number of hydrogen-bond acceptors (Lipinski definition) is 6. The number of nitrogens with one attached hydrogen (secondary N) is 2. The lowest BCUT2D eigenvalue weighted by atomic mass is 9.91. The Hall–Kier alpha value is -2.71. The number of benzene rings is 1. The zero-order valence-corrected chi connectivity index (χ0v) is 18.1. The fourth-order valence-corrected chi connectivity index (χ4v) is 3.55. The summed E-state index contributed by atoms with van der Waals surface area (Å²) < 4.78 is 32.7. The van der Waals surface area contributed by atoms with Crippen LogP contribution >= 0.6 is 0 Å². The highest BCUT2D eigenvalue weighted by Gasteiger charge is 2.25. The number of fused-ring (bicyclic) bond motifs is 1. The molecule has 0 radical (unpaired) electrons. The number of amides is 1. The molecule has 7 nitrogen and oxygen atoms in total. The quantitative estimate of drug-likeness (QED) is 0.770. The molecule has 1 saturated carbocycles. The molecule has 1 amide bonds. The van der Waals surface area contributed by atoms with Gasteiger partial charge in [-0.3, -0.25) is 0 Å². The molecule has 0 unspecified atom stereocenters. The van der Waals surface area contributed by atoms with Crippen LogP contribution in [0.4, 0.5) is 25.3 Å². The number of rotatable bonds is 4. The number of halogens is 2. The van der Waals surface area contributed by atoms with E-state index in [2.05, 4.69) is 20.6 Å². The first-order valence-electron chi connectivity index (χ1n) is 10.1. The number of carbonyl (C=O) groups is 1. The molecule has 2 N–H and O–H groups in total. The van der Waals surface area contributed by atoms with Gasteiger partial charge in [0.25, 0.3) is 0 Å². The maximum Gasteiger partial charge on any atom is 0.407 e. The van der Waals surface area contributed by atoms with E-state index in [4.69, 9.17) is 4.74 Å². The van der Waals surface area contributed by atoms with Gasteiger partial charge in [0.15, 0.2) is 11.6 Å². The molecule has 0 atom stereocenters. The molecule has 164 valence electrons. The lowest BCUT2D eigenvalue weighted by molar-refractivity contribution is 0.0492. The number of ether oxygens (including phenoxy) is 1. The zero-order valence-electron chi connectivity index (χ0n) is 18.1. The monoisotopic (exact) mass is 421 g/mol. The van der Waals surface area contributed by atoms with Gasteiger partial charge in [-0.05, 0) is 52.5 Å². The Bertz CT molecular complexity index is 922. The van der Waals surface area contributed by atoms with Crippen molar-refractivity contribution in [3.63, 3.8) is 0 Å². The Labute approximate surface area is 175 Å². The molecule has 1 aliphatic rings. The normalized spacial score (nSPS) is 19.4. The molecule has 9 heteroatoms. The predicted octanol–water partition coefficient (Wildman–Crippen LogP) is 4.22. The summed E-state index contributed by atoms with van der Waals surface area (Å²) in [5.74, 6) is -0.973. The lowest BCUT2D eigenvalue weighted by Crippen LogP contribution is -2.42. The Morgan fingerprint density at radius 1 is 1.07 bits per heavy atom. The minimum absolute atomic E-state index is 0.0600. The van der Waals surface area contributed by atoms with Crippen molar-refractivity contribution in [2.75, 3.05) is 24.3 Å². The van der Waals surface area contributed by atoms with Crippen LogP contribution in [0.2, 0.25) is 0 Å². The van der Waals surface area contributed by atoms with E-state index in [9.17, 15) is 13.6 Å². The molecule has 0 bridgehead atoms. The van der Waals surface area contributed by atoms with Crippen LogP contribution in [0.15, 0.2) is 12.1 Å². The highest BCUT2D eigenvalue weighted by atomic mass is 19.2. The van der Waals surface area contributed by atoms with Crippen LogP contribution < -0.4 is 15.5 Å². The Morgan fingerprint density at radius 3 is 2.27 bits per heavy atom. The van der Waals surface area contributed by atoms with Gasteiger partial charge < -0.3 is 20.3 Å². The zero-order chi connectivity index (χ0) is 22.1. The average molecular weight is 421 g/mol. The van der Waals surface area contributed by atoms with Gasteiger partial charge in [-0.25, -0.2) is 18.6 Å². The molecule has 1 aliphatic carbocycles. The number of anilines is 2. The summed E-state index contributed by atoms with van der Waals surface area (Å²) in [6.07, 6.45) is 2.82. The van der Waals surface area contributed by atoms with Crippen molar-refractivity contribution in [1.82, 2.24) is 15.3 Å². The molecule has 1 heterocycles. The first kappa shape index (κ1) is 22.0. The third-order valence-corrected chi connectivity index (χ3v) is 4.92. The van der Waals surface area contributed by atoms with E-state index >= 15 is 0 Å². The number of nitrogens with zero attached hydrogens (tertiary/aromatic N) is 3. The Balaban J connectivity index is 1.66. The van der Waals surface area contributed by atoms with Crippen LogP contribution in [0.1, 0.15) is 46.5 Å². The largest absolute Gasteiger partial charge is 0.444 e. The summed E-state index contributed by atoms with van der Waals surface area (Å²) in [6.45, 7) is 5.50. The maximum atomic E-state index is 13.7. The van der Waals surface area contributed by atoms with Gasteiger partial charge in [-0.15, -0.1) is 0 Å². The van der Waals surface area contributed by atoms with E-state index in [0.717, 1.165) is 37.8 Å². The molecule has 0 spiro atoms. The van der Waals surface area contributed by atoms with Crippen LogP contribution in [-0.4, -0.2) is 47.8 Å². The minimum atomic E-state index is -0.939. The van der Waals surface area contributed by atoms with Crippen LogP contribution in [0.5, 0.6) is 0 Å². The second-order valence-corrected chi connectivity index (χ2v) is 8.89. The molecule has 30 heavy (non-hydrogen) atoms. The maximum absolute atomic E-state index is 13.7. The SMILES string of the molecule is CN(C)c1nc(N[C@H]2CC[C@@H](NC(=O)OC(C)(C)C)CC2)nc2cc(F)c(F)cc12. The highest BCUT2D eigenvalue weighted by Crippen LogP contribution is 2.28. The number of alkyl carbamates (subject to hydrolysis) is 1. The smallest absolute Gasteiger partial charge is 0.407 e. The first-order chi connectivity index (χ1) is 14.0. The van der Waals surface area contributed by atoms with Crippen molar-refractivity contribution in [1.29, 1.82) is 0 Å². The van der Waals surface area contributed by atoms with Crippen molar-refractivity contribution in [3.8, 4) is 0 Å². The molecular weight excluding hydrogens is 392 g/mol. The fraction of sp³-hybridized carbons (Fsp3) is 0.571. The first-order valence-corrected chi connectivity index (χ1v) is 10.1. The summed E-state index contributed by atoms with van der Waals surface area (Å²) in [5, 5.41) is 6.67. The number of aromatic nitrogens is 2. The van der Waals surface area contributed by atoms with Crippen molar-refractivity contribution in [2.45, 2.75) is 64.1 Å². The molecule has 1 aromatic carbocycles. The molecule has 2 aromatic rings. The third kappa shape index (κ3) is 5.46. The van der Waals surface area contributed by atoms with E-state index in [1.807, 2.05) is 20.8 Å². The number of hydrogen-bond donors (Lipinski definition) is 2. The van der Waals surface area contributed by atoms with Gasteiger partial charge in [-0.2, -0.15) is 4.98 Å². The molecule has 1 fully saturated rings. The van der Waals surface area contributed by atoms with Crippen molar-refractivity contribution >= 4 is 28.8 Å². The molecule has 3 rings (SSSR count). The van der Waals surface area contributed by atoms with Crippen LogP contribution in [0, 0.1) is 11.6 Å². The van der Waals surface area contributed by atoms with Gasteiger partial charge >= 0.3 is 6.09 Å². The van der Waals surface area contributed by atoms with Gasteiger partial charge in [-0.1, -0.05) is 0 Å². The standard InChI is InChI=1S/C21H29F2N5O2/c1-21(2,3)30-20(29)25-13-8-6-12(7-9-13)24-19-26-17-11-16(23)15(22)10-14(17)18(27-19)28(4)5/h10-13H,6-9H2,1-5H3,(H,25,29)(H,24,26,27)/t12-,13+. The topological polar surface area (TPSA) is 79.4 Å². The molecule has 0 saturated heterocycles.